The molecule has 0 aromatic heterocycles. The summed E-state index contributed by atoms with van der Waals surface area (Å²) in [7, 11) is 0. The number of hydrogen-bond acceptors (Lipinski definition) is 3. The Kier molecular flexibility index (Phi) is 3.45. The van der Waals surface area contributed by atoms with Gasteiger partial charge < -0.3 is 15.0 Å². The lowest BCUT2D eigenvalue weighted by Crippen LogP contribution is -2.62. The van der Waals surface area contributed by atoms with Gasteiger partial charge in [-0.25, -0.2) is 0 Å². The first-order chi connectivity index (χ1) is 8.55. The first-order valence-electron chi connectivity index (χ1n) is 6.34. The molecule has 18 heavy (non-hydrogen) atoms. The van der Waals surface area contributed by atoms with Gasteiger partial charge in [0.05, 0.1) is 6.61 Å². The second-order valence-electron chi connectivity index (χ2n) is 4.89. The molecule has 1 N–H and O–H groups in total. The van der Waals surface area contributed by atoms with Gasteiger partial charge in [-0.2, -0.15) is 0 Å². The van der Waals surface area contributed by atoms with Crippen molar-refractivity contribution in [1.29, 1.82) is 0 Å². The Morgan fingerprint density at radius 3 is 2.61 bits per heavy atom. The van der Waals surface area contributed by atoms with E-state index in [0.717, 1.165) is 18.0 Å². The summed E-state index contributed by atoms with van der Waals surface area (Å²) in [6.07, 6.45) is 0. The number of nitrogens with one attached hydrogen (secondary N) is 1. The lowest BCUT2D eigenvalue weighted by atomic mass is 9.98. The van der Waals surface area contributed by atoms with Gasteiger partial charge in [0, 0.05) is 18.8 Å². The highest BCUT2D eigenvalue weighted by atomic mass is 16.5. The molecule has 0 unspecified atom stereocenters. The minimum Gasteiger partial charge on any atom is -0.494 e. The van der Waals surface area contributed by atoms with Gasteiger partial charge in [-0.1, -0.05) is 0 Å². The van der Waals surface area contributed by atoms with Crippen molar-refractivity contribution in [3.05, 3.63) is 24.3 Å². The Hall–Kier alpha value is -1.71. The molecule has 0 radical (unpaired) electrons. The van der Waals surface area contributed by atoms with Crippen LogP contribution in [0, 0.1) is 0 Å². The SMILES string of the molecule is CCOc1ccc(N2CCNC(=O)C2(C)C)cc1. The van der Waals surface area contributed by atoms with Gasteiger partial charge in [0.25, 0.3) is 0 Å². The molecule has 1 aromatic carbocycles. The van der Waals surface area contributed by atoms with Crippen LogP contribution in [0.2, 0.25) is 0 Å². The molecule has 1 fully saturated rings. The van der Waals surface area contributed by atoms with Crippen molar-refractivity contribution >= 4 is 11.6 Å². The van der Waals surface area contributed by atoms with Crippen LogP contribution in [0.25, 0.3) is 0 Å². The molecular weight excluding hydrogens is 228 g/mol. The predicted molar refractivity (Wildman–Crippen MR) is 72.0 cm³/mol. The summed E-state index contributed by atoms with van der Waals surface area (Å²) in [5.74, 6) is 0.933. The molecule has 1 saturated heterocycles. The summed E-state index contributed by atoms with van der Waals surface area (Å²) in [4.78, 5) is 14.0. The molecule has 0 spiro atoms. The van der Waals surface area contributed by atoms with Crippen LogP contribution in [0.15, 0.2) is 24.3 Å². The third-order valence-corrected chi connectivity index (χ3v) is 3.31. The lowest BCUT2D eigenvalue weighted by molar-refractivity contribution is -0.126. The summed E-state index contributed by atoms with van der Waals surface area (Å²) in [6.45, 7) is 8.03. The number of amides is 1. The van der Waals surface area contributed by atoms with E-state index in [4.69, 9.17) is 4.74 Å². The van der Waals surface area contributed by atoms with E-state index in [1.807, 2.05) is 45.0 Å². The van der Waals surface area contributed by atoms with Gasteiger partial charge in [-0.3, -0.25) is 4.79 Å². The highest BCUT2D eigenvalue weighted by Crippen LogP contribution is 2.27. The van der Waals surface area contributed by atoms with Crippen LogP contribution >= 0.6 is 0 Å². The first kappa shape index (κ1) is 12.7. The van der Waals surface area contributed by atoms with E-state index < -0.39 is 5.54 Å². The van der Waals surface area contributed by atoms with Gasteiger partial charge >= 0.3 is 0 Å². The van der Waals surface area contributed by atoms with Crippen LogP contribution in [0.3, 0.4) is 0 Å². The van der Waals surface area contributed by atoms with Crippen molar-refractivity contribution in [3.63, 3.8) is 0 Å². The zero-order valence-corrected chi connectivity index (χ0v) is 11.2. The van der Waals surface area contributed by atoms with Crippen molar-refractivity contribution < 1.29 is 9.53 Å². The fourth-order valence-corrected chi connectivity index (χ4v) is 2.24. The van der Waals surface area contributed by atoms with E-state index >= 15 is 0 Å². The van der Waals surface area contributed by atoms with Crippen LogP contribution in [0.1, 0.15) is 20.8 Å². The smallest absolute Gasteiger partial charge is 0.245 e. The summed E-state index contributed by atoms with van der Waals surface area (Å²) in [5.41, 5.74) is 0.545. The normalized spacial score (nSPS) is 18.4. The maximum Gasteiger partial charge on any atom is 0.245 e. The van der Waals surface area contributed by atoms with Crippen molar-refractivity contribution in [2.75, 3.05) is 24.6 Å². The number of rotatable bonds is 3. The van der Waals surface area contributed by atoms with Crippen molar-refractivity contribution in [1.82, 2.24) is 5.32 Å². The lowest BCUT2D eigenvalue weighted by Gasteiger charge is -2.42. The number of carbonyl (C=O) groups is 1. The van der Waals surface area contributed by atoms with E-state index in [1.165, 1.54) is 0 Å². The Morgan fingerprint density at radius 1 is 1.33 bits per heavy atom. The van der Waals surface area contributed by atoms with Gasteiger partial charge in [0.1, 0.15) is 11.3 Å². The second kappa shape index (κ2) is 4.88. The van der Waals surface area contributed by atoms with E-state index in [2.05, 4.69) is 10.2 Å². The summed E-state index contributed by atoms with van der Waals surface area (Å²) in [6, 6.07) is 7.90. The monoisotopic (exact) mass is 248 g/mol. The molecule has 1 amide bonds. The molecule has 1 heterocycles. The van der Waals surface area contributed by atoms with Crippen molar-refractivity contribution in [2.45, 2.75) is 26.3 Å². The molecule has 0 atom stereocenters. The third-order valence-electron chi connectivity index (χ3n) is 3.31. The molecule has 0 aliphatic carbocycles. The summed E-state index contributed by atoms with van der Waals surface area (Å²) < 4.78 is 5.42. The molecule has 1 aliphatic rings. The molecule has 4 heteroatoms. The van der Waals surface area contributed by atoms with Gasteiger partial charge in [0.2, 0.25) is 5.91 Å². The van der Waals surface area contributed by atoms with E-state index in [0.29, 0.717) is 13.2 Å². The maximum atomic E-state index is 11.9. The van der Waals surface area contributed by atoms with Crippen LogP contribution in [0.5, 0.6) is 5.75 Å². The van der Waals surface area contributed by atoms with E-state index in [1.54, 1.807) is 0 Å². The number of benzene rings is 1. The number of carbonyl (C=O) groups excluding carboxylic acids is 1. The summed E-state index contributed by atoms with van der Waals surface area (Å²) in [5, 5.41) is 2.90. The molecule has 0 bridgehead atoms. The minimum absolute atomic E-state index is 0.0719. The zero-order chi connectivity index (χ0) is 13.2. The number of anilines is 1. The molecule has 1 aromatic rings. The Labute approximate surface area is 108 Å². The Morgan fingerprint density at radius 2 is 2.00 bits per heavy atom. The number of nitrogens with zero attached hydrogens (tertiary/aromatic N) is 1. The Bertz CT molecular complexity index is 426. The largest absolute Gasteiger partial charge is 0.494 e. The predicted octanol–water partition coefficient (Wildman–Crippen LogP) is 1.80. The standard InChI is InChI=1S/C14H20N2O2/c1-4-18-12-7-5-11(6-8-12)16-10-9-15-13(17)14(16,2)3/h5-8H,4,9-10H2,1-3H3,(H,15,17). The quantitative estimate of drug-likeness (QED) is 0.887. The second-order valence-corrected chi connectivity index (χ2v) is 4.89. The highest BCUT2D eigenvalue weighted by molar-refractivity contribution is 5.90. The topological polar surface area (TPSA) is 41.6 Å². The third kappa shape index (κ3) is 2.28. The molecule has 4 nitrogen and oxygen atoms in total. The van der Waals surface area contributed by atoms with E-state index in [-0.39, 0.29) is 5.91 Å². The van der Waals surface area contributed by atoms with Crippen LogP contribution in [0.4, 0.5) is 5.69 Å². The van der Waals surface area contributed by atoms with Crippen LogP contribution < -0.4 is 15.0 Å². The molecular formula is C14H20N2O2. The molecule has 0 saturated carbocycles. The fraction of sp³-hybridized carbons (Fsp3) is 0.500. The van der Waals surface area contributed by atoms with Gasteiger partial charge in [-0.15, -0.1) is 0 Å². The minimum atomic E-state index is -0.509. The Balaban J connectivity index is 2.22. The van der Waals surface area contributed by atoms with Crippen LogP contribution in [-0.4, -0.2) is 31.1 Å². The molecule has 98 valence electrons. The molecule has 2 rings (SSSR count). The fourth-order valence-electron chi connectivity index (χ4n) is 2.24. The van der Waals surface area contributed by atoms with E-state index in [9.17, 15) is 4.79 Å². The highest BCUT2D eigenvalue weighted by Gasteiger charge is 2.37. The first-order valence-corrected chi connectivity index (χ1v) is 6.34. The van der Waals surface area contributed by atoms with Gasteiger partial charge in [0.15, 0.2) is 0 Å². The number of hydrogen-bond donors (Lipinski definition) is 1. The average molecular weight is 248 g/mol. The van der Waals surface area contributed by atoms with Gasteiger partial charge in [-0.05, 0) is 45.0 Å². The number of piperazine rings is 1. The zero-order valence-electron chi connectivity index (χ0n) is 11.2. The maximum absolute atomic E-state index is 11.9. The van der Waals surface area contributed by atoms with Crippen molar-refractivity contribution in [3.8, 4) is 5.75 Å². The van der Waals surface area contributed by atoms with Crippen LogP contribution in [-0.2, 0) is 4.79 Å². The van der Waals surface area contributed by atoms with Crippen molar-refractivity contribution in [2.24, 2.45) is 0 Å². The number of ether oxygens (including phenoxy) is 1. The molecule has 1 aliphatic heterocycles. The average Bonchev–Trinajstić information content (AvgIpc) is 2.34. The summed E-state index contributed by atoms with van der Waals surface area (Å²) >= 11 is 0.